The van der Waals surface area contributed by atoms with Gasteiger partial charge in [-0.3, -0.25) is 0 Å². The second-order valence-electron chi connectivity index (χ2n) is 3.65. The zero-order chi connectivity index (χ0) is 17.1. The van der Waals surface area contributed by atoms with Gasteiger partial charge in [0.1, 0.15) is 0 Å². The van der Waals surface area contributed by atoms with Gasteiger partial charge in [-0.1, -0.05) is 0 Å². The smallest absolute Gasteiger partial charge is 0.493 e. The Morgan fingerprint density at radius 1 is 1.23 bits per heavy atom. The fourth-order valence-corrected chi connectivity index (χ4v) is 1.38. The van der Waals surface area contributed by atoms with Gasteiger partial charge in [-0.05, 0) is 6.92 Å². The van der Waals surface area contributed by atoms with Crippen LogP contribution in [0, 0.1) is 0 Å². The molecule has 11 heteroatoms. The lowest BCUT2D eigenvalue weighted by atomic mass is 10.2. The van der Waals surface area contributed by atoms with Crippen molar-refractivity contribution in [2.45, 2.75) is 19.5 Å². The summed E-state index contributed by atoms with van der Waals surface area (Å²) in [4.78, 5) is 14.3. The van der Waals surface area contributed by atoms with Gasteiger partial charge in [-0.15, -0.1) is 13.2 Å². The van der Waals surface area contributed by atoms with Crippen LogP contribution in [0.3, 0.4) is 0 Å². The molecule has 0 spiro atoms. The number of alkyl halides is 6. The van der Waals surface area contributed by atoms with Crippen molar-refractivity contribution in [3.05, 3.63) is 17.5 Å². The van der Waals surface area contributed by atoms with E-state index in [4.69, 9.17) is 0 Å². The van der Waals surface area contributed by atoms with E-state index >= 15 is 0 Å². The van der Waals surface area contributed by atoms with Crippen LogP contribution in [0.5, 0.6) is 11.5 Å². The van der Waals surface area contributed by atoms with Gasteiger partial charge in [-0.2, -0.15) is 13.2 Å². The maximum atomic E-state index is 12.9. The van der Waals surface area contributed by atoms with Crippen molar-refractivity contribution in [1.82, 2.24) is 4.98 Å². The molecular weight excluding hydrogens is 324 g/mol. The first kappa shape index (κ1) is 17.9. The Labute approximate surface area is 119 Å². The van der Waals surface area contributed by atoms with Crippen LogP contribution in [0.2, 0.25) is 0 Å². The third-order valence-corrected chi connectivity index (χ3v) is 2.13. The molecular formula is C11H9F6NO4. The van der Waals surface area contributed by atoms with E-state index in [0.717, 1.165) is 7.11 Å². The zero-order valence-electron chi connectivity index (χ0n) is 11.1. The van der Waals surface area contributed by atoms with Crippen LogP contribution in [-0.4, -0.2) is 31.0 Å². The number of nitrogens with zero attached hydrogens (tertiary/aromatic N) is 1. The summed E-state index contributed by atoms with van der Waals surface area (Å²) in [5.41, 5.74) is -2.91. The van der Waals surface area contributed by atoms with Gasteiger partial charge in [0, 0.05) is 6.07 Å². The van der Waals surface area contributed by atoms with Crippen molar-refractivity contribution >= 4 is 5.97 Å². The number of carbonyl (C=O) groups excluding carboxylic acids is 1. The van der Waals surface area contributed by atoms with E-state index in [2.05, 4.69) is 19.2 Å². The second kappa shape index (κ2) is 6.28. The number of hydrogen-bond donors (Lipinski definition) is 0. The first-order valence-corrected chi connectivity index (χ1v) is 5.58. The molecule has 5 nitrogen and oxygen atoms in total. The third kappa shape index (κ3) is 4.40. The predicted octanol–water partition coefficient (Wildman–Crippen LogP) is 3.18. The lowest BCUT2D eigenvalue weighted by molar-refractivity contribution is -0.277. The molecule has 1 aromatic rings. The van der Waals surface area contributed by atoms with Crippen LogP contribution < -0.4 is 9.47 Å². The minimum Gasteiger partial charge on any atom is -0.493 e. The molecule has 0 bridgehead atoms. The van der Waals surface area contributed by atoms with Crippen LogP contribution in [0.25, 0.3) is 0 Å². The fourth-order valence-electron chi connectivity index (χ4n) is 1.38. The molecule has 124 valence electrons. The normalized spacial score (nSPS) is 12.0. The molecule has 1 aromatic heterocycles. The van der Waals surface area contributed by atoms with E-state index in [1.807, 2.05) is 0 Å². The van der Waals surface area contributed by atoms with Crippen molar-refractivity contribution in [2.75, 3.05) is 13.7 Å². The SMILES string of the molecule is CCOC(=O)c1cc(OC)c(OC(F)(F)F)c(C(F)(F)F)n1. The third-order valence-electron chi connectivity index (χ3n) is 2.13. The van der Waals surface area contributed by atoms with E-state index in [1.165, 1.54) is 6.92 Å². The summed E-state index contributed by atoms with van der Waals surface area (Å²) in [6.45, 7) is 1.23. The first-order chi connectivity index (χ1) is 9.99. The first-order valence-electron chi connectivity index (χ1n) is 5.58. The molecule has 0 amide bonds. The second-order valence-corrected chi connectivity index (χ2v) is 3.65. The summed E-state index contributed by atoms with van der Waals surface area (Å²) in [5.74, 6) is -3.89. The highest BCUT2D eigenvalue weighted by atomic mass is 19.4. The Balaban J connectivity index is 3.51. The largest absolute Gasteiger partial charge is 0.573 e. The van der Waals surface area contributed by atoms with E-state index in [-0.39, 0.29) is 6.61 Å². The molecule has 22 heavy (non-hydrogen) atoms. The minimum atomic E-state index is -5.40. The highest BCUT2D eigenvalue weighted by molar-refractivity contribution is 5.88. The number of carbonyl (C=O) groups is 1. The van der Waals surface area contributed by atoms with Gasteiger partial charge < -0.3 is 14.2 Å². The van der Waals surface area contributed by atoms with Crippen LogP contribution in [0.1, 0.15) is 23.1 Å². The van der Waals surface area contributed by atoms with Crippen molar-refractivity contribution in [3.63, 3.8) is 0 Å². The molecule has 0 fully saturated rings. The number of methoxy groups -OCH3 is 1. The molecule has 0 aromatic carbocycles. The molecule has 0 saturated heterocycles. The standard InChI is InChI=1S/C11H9F6NO4/c1-3-21-9(19)5-4-6(20-2)7(22-11(15,16)17)8(18-5)10(12,13)14/h4H,3H2,1-2H3. The van der Waals surface area contributed by atoms with Crippen molar-refractivity contribution in [3.8, 4) is 11.5 Å². The highest BCUT2D eigenvalue weighted by Crippen LogP contribution is 2.43. The molecule has 0 aliphatic carbocycles. The summed E-state index contributed by atoms with van der Waals surface area (Å²) < 4.78 is 87.5. The monoisotopic (exact) mass is 333 g/mol. The summed E-state index contributed by atoms with van der Waals surface area (Å²) in [6, 6.07) is 0.564. The lowest BCUT2D eigenvalue weighted by Gasteiger charge is -2.18. The number of pyridine rings is 1. The van der Waals surface area contributed by atoms with Gasteiger partial charge in [0.2, 0.25) is 5.75 Å². The van der Waals surface area contributed by atoms with Crippen LogP contribution in [-0.2, 0) is 10.9 Å². The Morgan fingerprint density at radius 2 is 1.82 bits per heavy atom. The molecule has 0 aliphatic heterocycles. The molecule has 0 saturated carbocycles. The van der Waals surface area contributed by atoms with Gasteiger partial charge >= 0.3 is 18.5 Å². The van der Waals surface area contributed by atoms with Crippen LogP contribution in [0.15, 0.2) is 6.07 Å². The Hall–Kier alpha value is -2.20. The van der Waals surface area contributed by atoms with Gasteiger partial charge in [-0.25, -0.2) is 9.78 Å². The Kier molecular flexibility index (Phi) is 5.09. The molecule has 0 radical (unpaired) electrons. The van der Waals surface area contributed by atoms with Crippen molar-refractivity contribution in [1.29, 1.82) is 0 Å². The predicted molar refractivity (Wildman–Crippen MR) is 58.4 cm³/mol. The average molecular weight is 333 g/mol. The number of rotatable bonds is 4. The van der Waals surface area contributed by atoms with Gasteiger partial charge in [0.25, 0.3) is 0 Å². The fraction of sp³-hybridized carbons (Fsp3) is 0.455. The van der Waals surface area contributed by atoms with Gasteiger partial charge in [0.15, 0.2) is 17.1 Å². The molecule has 0 aliphatic rings. The van der Waals surface area contributed by atoms with Crippen LogP contribution in [0.4, 0.5) is 26.3 Å². The summed E-state index contributed by atoms with van der Waals surface area (Å²) in [5, 5.41) is 0. The van der Waals surface area contributed by atoms with E-state index in [1.54, 1.807) is 0 Å². The molecule has 0 atom stereocenters. The van der Waals surface area contributed by atoms with Crippen molar-refractivity contribution in [2.24, 2.45) is 0 Å². The molecule has 1 heterocycles. The molecule has 0 N–H and O–H groups in total. The highest BCUT2D eigenvalue weighted by Gasteiger charge is 2.43. The van der Waals surface area contributed by atoms with E-state index < -0.39 is 41.4 Å². The van der Waals surface area contributed by atoms with Crippen LogP contribution >= 0.6 is 0 Å². The Bertz CT molecular complexity index is 555. The number of aromatic nitrogens is 1. The average Bonchev–Trinajstić information content (AvgIpc) is 2.35. The summed E-state index contributed by atoms with van der Waals surface area (Å²) in [7, 11) is 0.813. The summed E-state index contributed by atoms with van der Waals surface area (Å²) in [6.07, 6.45) is -10.7. The number of hydrogen-bond acceptors (Lipinski definition) is 5. The quantitative estimate of drug-likeness (QED) is 0.626. The van der Waals surface area contributed by atoms with E-state index in [0.29, 0.717) is 6.07 Å². The zero-order valence-corrected chi connectivity index (χ0v) is 11.1. The number of ether oxygens (including phenoxy) is 3. The van der Waals surface area contributed by atoms with E-state index in [9.17, 15) is 31.1 Å². The molecule has 1 rings (SSSR count). The molecule has 0 unspecified atom stereocenters. The Morgan fingerprint density at radius 3 is 2.23 bits per heavy atom. The lowest BCUT2D eigenvalue weighted by Crippen LogP contribution is -2.23. The van der Waals surface area contributed by atoms with Gasteiger partial charge in [0.05, 0.1) is 13.7 Å². The topological polar surface area (TPSA) is 57.7 Å². The maximum Gasteiger partial charge on any atom is 0.573 e. The summed E-state index contributed by atoms with van der Waals surface area (Å²) >= 11 is 0. The maximum absolute atomic E-state index is 12.9. The number of esters is 1. The number of halogens is 6. The minimum absolute atomic E-state index is 0.162. The van der Waals surface area contributed by atoms with Crippen molar-refractivity contribution < 1.29 is 45.3 Å².